The monoisotopic (exact) mass is 327 g/mol. The number of aromatic nitrogens is 3. The predicted molar refractivity (Wildman–Crippen MR) is 78.0 cm³/mol. The summed E-state index contributed by atoms with van der Waals surface area (Å²) in [5, 5.41) is 10.4. The molecule has 0 saturated carbocycles. The molecule has 0 saturated heterocycles. The zero-order valence-electron chi connectivity index (χ0n) is 10.9. The molecular weight excluding hydrogens is 319 g/mol. The lowest BCUT2D eigenvalue weighted by Crippen LogP contribution is -2.10. The zero-order chi connectivity index (χ0) is 15.9. The number of nitrogens with zero attached hydrogens (tertiary/aromatic N) is 2. The van der Waals surface area contributed by atoms with E-state index in [4.69, 9.17) is 17.3 Å². The van der Waals surface area contributed by atoms with Crippen molar-refractivity contribution in [1.29, 1.82) is 0 Å². The number of alkyl halides is 3. The van der Waals surface area contributed by atoms with Crippen LogP contribution in [0.5, 0.6) is 0 Å². The van der Waals surface area contributed by atoms with Crippen LogP contribution in [0.1, 0.15) is 5.69 Å². The Labute approximate surface area is 127 Å². The summed E-state index contributed by atoms with van der Waals surface area (Å²) < 4.78 is 38.1. The number of hydrogen-bond donors (Lipinski definition) is 3. The lowest BCUT2D eigenvalue weighted by atomic mass is 10.2. The highest BCUT2D eigenvalue weighted by Crippen LogP contribution is 2.32. The summed E-state index contributed by atoms with van der Waals surface area (Å²) in [5.41, 5.74) is 5.83. The molecule has 0 atom stereocenters. The zero-order valence-corrected chi connectivity index (χ0v) is 11.6. The number of hydrogen-bond acceptors (Lipinski definition) is 4. The Morgan fingerprint density at radius 2 is 2.00 bits per heavy atom. The SMILES string of the molecule is Nc1ccc(C(F)(F)F)nc1Nc1cc(Cl)c2[nH]ncc2c1. The summed E-state index contributed by atoms with van der Waals surface area (Å²) in [5.74, 6) is -0.0891. The Bertz CT molecular complexity index is 843. The number of fused-ring (bicyclic) bond motifs is 1. The second kappa shape index (κ2) is 5.06. The molecule has 0 amide bonds. The summed E-state index contributed by atoms with van der Waals surface area (Å²) >= 11 is 6.07. The summed E-state index contributed by atoms with van der Waals surface area (Å²) in [6.07, 6.45) is -2.99. The molecule has 0 spiro atoms. The standard InChI is InChI=1S/C13H9ClF3N5/c14-8-4-7(3-6-5-19-22-11(6)8)20-12-9(18)1-2-10(21-12)13(15,16)17/h1-5H,18H2,(H,19,22)(H,20,21). The molecule has 3 aromatic rings. The van der Waals surface area contributed by atoms with E-state index in [-0.39, 0.29) is 11.5 Å². The van der Waals surface area contributed by atoms with E-state index in [2.05, 4.69) is 20.5 Å². The largest absolute Gasteiger partial charge is 0.433 e. The van der Waals surface area contributed by atoms with Gasteiger partial charge in [0.1, 0.15) is 5.69 Å². The smallest absolute Gasteiger partial charge is 0.396 e. The highest BCUT2D eigenvalue weighted by molar-refractivity contribution is 6.35. The molecule has 22 heavy (non-hydrogen) atoms. The summed E-state index contributed by atoms with van der Waals surface area (Å²) in [4.78, 5) is 3.51. The molecule has 4 N–H and O–H groups in total. The summed E-state index contributed by atoms with van der Waals surface area (Å²) in [7, 11) is 0. The van der Waals surface area contributed by atoms with Crippen LogP contribution in [0.4, 0.5) is 30.4 Å². The van der Waals surface area contributed by atoms with E-state index in [0.29, 0.717) is 21.6 Å². The first-order valence-electron chi connectivity index (χ1n) is 6.08. The molecule has 114 valence electrons. The number of rotatable bonds is 2. The van der Waals surface area contributed by atoms with Crippen LogP contribution in [-0.4, -0.2) is 15.2 Å². The van der Waals surface area contributed by atoms with Crippen LogP contribution in [0, 0.1) is 0 Å². The van der Waals surface area contributed by atoms with E-state index in [1.165, 1.54) is 0 Å². The van der Waals surface area contributed by atoms with Crippen molar-refractivity contribution in [2.45, 2.75) is 6.18 Å². The Balaban J connectivity index is 2.00. The summed E-state index contributed by atoms with van der Waals surface area (Å²) in [6.45, 7) is 0. The number of aromatic amines is 1. The minimum atomic E-state index is -4.55. The lowest BCUT2D eigenvalue weighted by molar-refractivity contribution is -0.141. The number of nitrogens with two attached hydrogens (primary N) is 1. The molecule has 0 unspecified atom stereocenters. The fourth-order valence-electron chi connectivity index (χ4n) is 1.95. The van der Waals surface area contributed by atoms with Gasteiger partial charge in [-0.2, -0.15) is 18.3 Å². The molecule has 2 heterocycles. The number of H-pyrrole nitrogens is 1. The van der Waals surface area contributed by atoms with Gasteiger partial charge in [-0.15, -0.1) is 0 Å². The van der Waals surface area contributed by atoms with Crippen LogP contribution in [0.25, 0.3) is 10.9 Å². The van der Waals surface area contributed by atoms with Gasteiger partial charge in [0.15, 0.2) is 5.82 Å². The second-order valence-electron chi connectivity index (χ2n) is 4.55. The van der Waals surface area contributed by atoms with E-state index >= 15 is 0 Å². The molecular formula is C13H9ClF3N5. The van der Waals surface area contributed by atoms with Crippen LogP contribution in [0.2, 0.25) is 5.02 Å². The van der Waals surface area contributed by atoms with Crippen LogP contribution in [0.15, 0.2) is 30.5 Å². The third-order valence-electron chi connectivity index (χ3n) is 2.98. The Morgan fingerprint density at radius 1 is 1.23 bits per heavy atom. The molecule has 2 aromatic heterocycles. The first-order valence-corrected chi connectivity index (χ1v) is 6.46. The van der Waals surface area contributed by atoms with E-state index in [1.54, 1.807) is 18.3 Å². The summed E-state index contributed by atoms with van der Waals surface area (Å²) in [6, 6.07) is 5.19. The van der Waals surface area contributed by atoms with Gasteiger partial charge in [0.25, 0.3) is 0 Å². The number of pyridine rings is 1. The number of benzene rings is 1. The Morgan fingerprint density at radius 3 is 2.73 bits per heavy atom. The van der Waals surface area contributed by atoms with Crippen molar-refractivity contribution in [3.63, 3.8) is 0 Å². The number of nitrogen functional groups attached to an aromatic ring is 1. The lowest BCUT2D eigenvalue weighted by Gasteiger charge is -2.12. The van der Waals surface area contributed by atoms with Gasteiger partial charge in [0, 0.05) is 11.1 Å². The Hall–Kier alpha value is -2.48. The molecule has 1 aromatic carbocycles. The van der Waals surface area contributed by atoms with Crippen molar-refractivity contribution in [3.8, 4) is 0 Å². The van der Waals surface area contributed by atoms with Gasteiger partial charge in [-0.3, -0.25) is 5.10 Å². The van der Waals surface area contributed by atoms with E-state index in [1.807, 2.05) is 0 Å². The van der Waals surface area contributed by atoms with E-state index < -0.39 is 11.9 Å². The third-order valence-corrected chi connectivity index (χ3v) is 3.28. The average Bonchev–Trinajstić information content (AvgIpc) is 2.89. The minimum Gasteiger partial charge on any atom is -0.396 e. The van der Waals surface area contributed by atoms with Crippen molar-refractivity contribution in [1.82, 2.24) is 15.2 Å². The van der Waals surface area contributed by atoms with Crippen molar-refractivity contribution in [2.75, 3.05) is 11.1 Å². The molecule has 0 aliphatic heterocycles. The van der Waals surface area contributed by atoms with Crippen LogP contribution in [-0.2, 0) is 6.18 Å². The number of anilines is 3. The normalized spacial score (nSPS) is 11.8. The number of halogens is 4. The fourth-order valence-corrected chi connectivity index (χ4v) is 2.22. The van der Waals surface area contributed by atoms with Crippen LogP contribution in [0.3, 0.4) is 0 Å². The highest BCUT2D eigenvalue weighted by Gasteiger charge is 2.33. The molecule has 0 aliphatic rings. The molecule has 9 heteroatoms. The minimum absolute atomic E-state index is 0.0891. The van der Waals surface area contributed by atoms with Crippen molar-refractivity contribution in [3.05, 3.63) is 41.2 Å². The molecule has 0 bridgehead atoms. The maximum atomic E-state index is 12.7. The first kappa shape index (κ1) is 14.5. The van der Waals surface area contributed by atoms with Gasteiger partial charge in [-0.25, -0.2) is 4.98 Å². The molecule has 3 rings (SSSR count). The maximum absolute atomic E-state index is 12.7. The van der Waals surface area contributed by atoms with Gasteiger partial charge >= 0.3 is 6.18 Å². The van der Waals surface area contributed by atoms with Gasteiger partial charge in [0.2, 0.25) is 0 Å². The second-order valence-corrected chi connectivity index (χ2v) is 4.96. The van der Waals surface area contributed by atoms with Crippen LogP contribution < -0.4 is 11.1 Å². The van der Waals surface area contributed by atoms with Crippen molar-refractivity contribution < 1.29 is 13.2 Å². The average molecular weight is 328 g/mol. The van der Waals surface area contributed by atoms with Gasteiger partial charge in [0.05, 0.1) is 22.4 Å². The van der Waals surface area contributed by atoms with E-state index in [9.17, 15) is 13.2 Å². The molecule has 0 fully saturated rings. The van der Waals surface area contributed by atoms with Gasteiger partial charge in [-0.05, 0) is 24.3 Å². The maximum Gasteiger partial charge on any atom is 0.433 e. The van der Waals surface area contributed by atoms with Crippen LogP contribution >= 0.6 is 11.6 Å². The van der Waals surface area contributed by atoms with Crippen molar-refractivity contribution >= 4 is 39.7 Å². The van der Waals surface area contributed by atoms with E-state index in [0.717, 1.165) is 12.1 Å². The third kappa shape index (κ3) is 2.64. The molecule has 5 nitrogen and oxygen atoms in total. The molecule has 0 aliphatic carbocycles. The quantitative estimate of drug-likeness (QED) is 0.665. The topological polar surface area (TPSA) is 79.6 Å². The molecule has 0 radical (unpaired) electrons. The number of nitrogens with one attached hydrogen (secondary N) is 2. The fraction of sp³-hybridized carbons (Fsp3) is 0.0769. The van der Waals surface area contributed by atoms with Gasteiger partial charge < -0.3 is 11.1 Å². The predicted octanol–water partition coefficient (Wildman–Crippen LogP) is 3.96. The van der Waals surface area contributed by atoms with Crippen molar-refractivity contribution in [2.24, 2.45) is 0 Å². The Kier molecular flexibility index (Phi) is 3.32. The highest BCUT2D eigenvalue weighted by atomic mass is 35.5. The first-order chi connectivity index (χ1) is 10.3. The van der Waals surface area contributed by atoms with Gasteiger partial charge in [-0.1, -0.05) is 11.6 Å².